The minimum Gasteiger partial charge on any atom is -0.505 e. The lowest BCUT2D eigenvalue weighted by atomic mass is 10.2. The van der Waals surface area contributed by atoms with Crippen molar-refractivity contribution in [2.24, 2.45) is 0 Å². The van der Waals surface area contributed by atoms with Crippen molar-refractivity contribution in [1.29, 1.82) is 0 Å². The number of nitrogens with one attached hydrogen (secondary N) is 1. The van der Waals surface area contributed by atoms with Gasteiger partial charge >= 0.3 is 0 Å². The lowest BCUT2D eigenvalue weighted by Crippen LogP contribution is -2.11. The Balaban J connectivity index is 1.87. The van der Waals surface area contributed by atoms with E-state index in [0.29, 0.717) is 6.54 Å². The molecule has 2 N–H and O–H groups in total. The van der Waals surface area contributed by atoms with Gasteiger partial charge in [-0.1, -0.05) is 6.07 Å². The molecular formula is C13H14FNOS. The number of benzene rings is 1. The highest BCUT2D eigenvalue weighted by atomic mass is 32.1. The fourth-order valence-corrected chi connectivity index (χ4v) is 2.43. The largest absolute Gasteiger partial charge is 0.505 e. The average molecular weight is 251 g/mol. The van der Waals surface area contributed by atoms with Crippen molar-refractivity contribution in [3.63, 3.8) is 0 Å². The third kappa shape index (κ3) is 3.28. The van der Waals surface area contributed by atoms with Gasteiger partial charge in [-0.25, -0.2) is 4.39 Å². The van der Waals surface area contributed by atoms with Crippen LogP contribution >= 0.6 is 11.3 Å². The molecule has 0 spiro atoms. The number of phenols is 1. The molecule has 0 atom stereocenters. The Bertz CT molecular complexity index is 510. The van der Waals surface area contributed by atoms with Gasteiger partial charge in [-0.3, -0.25) is 0 Å². The molecule has 4 heteroatoms. The minimum atomic E-state index is -0.573. The third-order valence-electron chi connectivity index (χ3n) is 2.44. The highest BCUT2D eigenvalue weighted by Crippen LogP contribution is 2.17. The van der Waals surface area contributed by atoms with Crippen molar-refractivity contribution in [3.8, 4) is 5.75 Å². The predicted octanol–water partition coefficient (Wildman–Crippen LogP) is 3.19. The smallest absolute Gasteiger partial charge is 0.165 e. The van der Waals surface area contributed by atoms with E-state index in [2.05, 4.69) is 24.4 Å². The maximum atomic E-state index is 13.1. The second-order valence-corrected chi connectivity index (χ2v) is 5.27. The summed E-state index contributed by atoms with van der Waals surface area (Å²) in [6, 6.07) is 8.61. The summed E-state index contributed by atoms with van der Waals surface area (Å²) < 4.78 is 13.1. The first kappa shape index (κ1) is 12.1. The number of phenolic OH excluding ortho intramolecular Hbond substituents is 1. The number of rotatable bonds is 4. The van der Waals surface area contributed by atoms with E-state index in [0.717, 1.165) is 12.1 Å². The van der Waals surface area contributed by atoms with Gasteiger partial charge in [0.15, 0.2) is 11.6 Å². The fraction of sp³-hybridized carbons (Fsp3) is 0.231. The summed E-state index contributed by atoms with van der Waals surface area (Å²) in [6.07, 6.45) is 0. The predicted molar refractivity (Wildman–Crippen MR) is 67.7 cm³/mol. The molecular weight excluding hydrogens is 237 g/mol. The first-order valence-corrected chi connectivity index (χ1v) is 6.20. The van der Waals surface area contributed by atoms with Crippen LogP contribution in [0.1, 0.15) is 15.3 Å². The maximum Gasteiger partial charge on any atom is 0.165 e. The van der Waals surface area contributed by atoms with Crippen LogP contribution in [0.3, 0.4) is 0 Å². The average Bonchev–Trinajstić information content (AvgIpc) is 2.70. The molecule has 0 aliphatic heterocycles. The summed E-state index contributed by atoms with van der Waals surface area (Å²) in [5.74, 6) is -0.876. The topological polar surface area (TPSA) is 32.3 Å². The second kappa shape index (κ2) is 5.29. The summed E-state index contributed by atoms with van der Waals surface area (Å²) in [6.45, 7) is 3.44. The molecule has 0 saturated heterocycles. The minimum absolute atomic E-state index is 0.303. The van der Waals surface area contributed by atoms with E-state index in [1.807, 2.05) is 0 Å². The molecule has 90 valence electrons. The Morgan fingerprint density at radius 2 is 2.06 bits per heavy atom. The molecule has 0 amide bonds. The SMILES string of the molecule is Cc1ccc(CNCc2ccc(O)c(F)c2)s1. The Morgan fingerprint density at radius 3 is 2.71 bits per heavy atom. The van der Waals surface area contributed by atoms with E-state index in [-0.39, 0.29) is 5.75 Å². The second-order valence-electron chi connectivity index (χ2n) is 3.90. The summed E-state index contributed by atoms with van der Waals surface area (Å²) in [5.41, 5.74) is 0.827. The van der Waals surface area contributed by atoms with Crippen LogP contribution in [0.2, 0.25) is 0 Å². The monoisotopic (exact) mass is 251 g/mol. The van der Waals surface area contributed by atoms with Crippen molar-refractivity contribution in [2.75, 3.05) is 0 Å². The molecule has 2 aromatic rings. The van der Waals surface area contributed by atoms with Crippen molar-refractivity contribution < 1.29 is 9.50 Å². The standard InChI is InChI=1S/C13H14FNOS/c1-9-2-4-11(17-9)8-15-7-10-3-5-13(16)12(14)6-10/h2-6,15-16H,7-8H2,1H3. The molecule has 17 heavy (non-hydrogen) atoms. The van der Waals surface area contributed by atoms with Crippen LogP contribution in [0, 0.1) is 12.7 Å². The molecule has 0 unspecified atom stereocenters. The summed E-state index contributed by atoms with van der Waals surface area (Å²) in [4.78, 5) is 2.55. The fourth-order valence-electron chi connectivity index (χ4n) is 1.57. The zero-order valence-corrected chi connectivity index (χ0v) is 10.4. The van der Waals surface area contributed by atoms with Crippen LogP contribution in [0.15, 0.2) is 30.3 Å². The Labute approximate surface area is 104 Å². The zero-order valence-electron chi connectivity index (χ0n) is 9.53. The van der Waals surface area contributed by atoms with E-state index >= 15 is 0 Å². The highest BCUT2D eigenvalue weighted by molar-refractivity contribution is 7.11. The number of halogens is 1. The molecule has 0 aliphatic rings. The van der Waals surface area contributed by atoms with E-state index in [1.165, 1.54) is 21.9 Å². The van der Waals surface area contributed by atoms with Crippen molar-refractivity contribution in [2.45, 2.75) is 20.0 Å². The first-order valence-electron chi connectivity index (χ1n) is 5.38. The van der Waals surface area contributed by atoms with Gasteiger partial charge in [0.05, 0.1) is 0 Å². The summed E-state index contributed by atoms with van der Waals surface area (Å²) in [5, 5.41) is 12.3. The normalized spacial score (nSPS) is 10.7. The van der Waals surface area contributed by atoms with Gasteiger partial charge in [0.2, 0.25) is 0 Å². The van der Waals surface area contributed by atoms with E-state index in [1.54, 1.807) is 17.4 Å². The van der Waals surface area contributed by atoms with Crippen LogP contribution in [0.4, 0.5) is 4.39 Å². The highest BCUT2D eigenvalue weighted by Gasteiger charge is 2.01. The van der Waals surface area contributed by atoms with Crippen LogP contribution in [-0.2, 0) is 13.1 Å². The van der Waals surface area contributed by atoms with Gasteiger partial charge in [0.25, 0.3) is 0 Å². The molecule has 1 aromatic heterocycles. The van der Waals surface area contributed by atoms with Gasteiger partial charge in [-0.2, -0.15) is 0 Å². The van der Waals surface area contributed by atoms with Crippen molar-refractivity contribution >= 4 is 11.3 Å². The lowest BCUT2D eigenvalue weighted by Gasteiger charge is -2.04. The Hall–Kier alpha value is -1.39. The lowest BCUT2D eigenvalue weighted by molar-refractivity contribution is 0.431. The number of aryl methyl sites for hydroxylation is 1. The van der Waals surface area contributed by atoms with Crippen LogP contribution in [-0.4, -0.2) is 5.11 Å². The molecule has 1 aromatic carbocycles. The third-order valence-corrected chi connectivity index (χ3v) is 3.44. The van der Waals surface area contributed by atoms with Crippen molar-refractivity contribution in [1.82, 2.24) is 5.32 Å². The molecule has 2 rings (SSSR count). The molecule has 0 bridgehead atoms. The van der Waals surface area contributed by atoms with Gasteiger partial charge in [-0.15, -0.1) is 11.3 Å². The van der Waals surface area contributed by atoms with Gasteiger partial charge in [0.1, 0.15) is 0 Å². The Morgan fingerprint density at radius 1 is 1.24 bits per heavy atom. The number of hydrogen-bond donors (Lipinski definition) is 2. The summed E-state index contributed by atoms with van der Waals surface area (Å²) >= 11 is 1.75. The van der Waals surface area contributed by atoms with Crippen LogP contribution in [0.25, 0.3) is 0 Å². The number of aromatic hydroxyl groups is 1. The summed E-state index contributed by atoms with van der Waals surface area (Å²) in [7, 11) is 0. The Kier molecular flexibility index (Phi) is 3.76. The van der Waals surface area contributed by atoms with Gasteiger partial charge in [0, 0.05) is 22.8 Å². The number of hydrogen-bond acceptors (Lipinski definition) is 3. The molecule has 0 aliphatic carbocycles. The van der Waals surface area contributed by atoms with Gasteiger partial charge < -0.3 is 10.4 Å². The van der Waals surface area contributed by atoms with Crippen molar-refractivity contribution in [3.05, 3.63) is 51.5 Å². The van der Waals surface area contributed by atoms with E-state index in [9.17, 15) is 4.39 Å². The van der Waals surface area contributed by atoms with E-state index in [4.69, 9.17) is 5.11 Å². The van der Waals surface area contributed by atoms with E-state index < -0.39 is 5.82 Å². The molecule has 2 nitrogen and oxygen atoms in total. The van der Waals surface area contributed by atoms with Crippen LogP contribution in [0.5, 0.6) is 5.75 Å². The first-order chi connectivity index (χ1) is 8.15. The number of thiophene rings is 1. The quantitative estimate of drug-likeness (QED) is 0.874. The molecule has 0 fully saturated rings. The molecule has 0 saturated carbocycles. The maximum absolute atomic E-state index is 13.1. The molecule has 0 radical (unpaired) electrons. The van der Waals surface area contributed by atoms with Crippen LogP contribution < -0.4 is 5.32 Å². The zero-order chi connectivity index (χ0) is 12.3. The van der Waals surface area contributed by atoms with Gasteiger partial charge in [-0.05, 0) is 36.8 Å². The molecule has 1 heterocycles.